The van der Waals surface area contributed by atoms with Crippen LogP contribution >= 0.6 is 0 Å². The molecule has 0 amide bonds. The van der Waals surface area contributed by atoms with E-state index in [4.69, 9.17) is 14.2 Å². The molecule has 0 saturated heterocycles. The van der Waals surface area contributed by atoms with E-state index in [1.807, 2.05) is 0 Å². The topological polar surface area (TPSA) is 118 Å². The van der Waals surface area contributed by atoms with Crippen molar-refractivity contribution in [2.45, 2.75) is 20.8 Å². The van der Waals surface area contributed by atoms with Gasteiger partial charge in [-0.2, -0.15) is 0 Å². The quantitative estimate of drug-likeness (QED) is 0.543. The van der Waals surface area contributed by atoms with Gasteiger partial charge in [0, 0.05) is 0 Å². The first-order valence-corrected chi connectivity index (χ1v) is 6.31. The highest BCUT2D eigenvalue weighted by Gasteiger charge is 2.30. The van der Waals surface area contributed by atoms with Crippen molar-refractivity contribution < 1.29 is 28.6 Å². The summed E-state index contributed by atoms with van der Waals surface area (Å²) in [5.74, 6) is -2.73. The third kappa shape index (κ3) is 3.94. The lowest BCUT2D eigenvalue weighted by molar-refractivity contribution is 0.0447. The fourth-order valence-corrected chi connectivity index (χ4v) is 1.41. The molecule has 1 rings (SSSR count). The van der Waals surface area contributed by atoms with Crippen LogP contribution in [0.5, 0.6) is 0 Å². The Labute approximate surface area is 120 Å². The zero-order valence-electron chi connectivity index (χ0n) is 11.9. The standard InChI is InChI=1S/C12H15N3O6/c1-4-19-10(16)7-8(11(17)20-5-2)13-15-14-9(7)12(18)21-6-3/h4-6H2,1-3H3. The second kappa shape index (κ2) is 7.88. The summed E-state index contributed by atoms with van der Waals surface area (Å²) < 4.78 is 14.3. The van der Waals surface area contributed by atoms with Gasteiger partial charge in [-0.3, -0.25) is 0 Å². The third-order valence-electron chi connectivity index (χ3n) is 2.18. The second-order valence-electron chi connectivity index (χ2n) is 3.52. The van der Waals surface area contributed by atoms with Crippen molar-refractivity contribution in [1.29, 1.82) is 0 Å². The number of ether oxygens (including phenoxy) is 3. The lowest BCUT2D eigenvalue weighted by atomic mass is 10.1. The summed E-state index contributed by atoms with van der Waals surface area (Å²) in [5, 5.41) is 10.2. The fourth-order valence-electron chi connectivity index (χ4n) is 1.41. The number of carbonyl (C=O) groups excluding carboxylic acids is 3. The van der Waals surface area contributed by atoms with Crippen molar-refractivity contribution >= 4 is 17.9 Å². The van der Waals surface area contributed by atoms with Crippen LogP contribution in [0.4, 0.5) is 0 Å². The van der Waals surface area contributed by atoms with Gasteiger partial charge in [0.05, 0.1) is 19.8 Å². The molecule has 0 N–H and O–H groups in total. The maximum Gasteiger partial charge on any atom is 0.359 e. The first-order chi connectivity index (χ1) is 10.1. The van der Waals surface area contributed by atoms with Crippen molar-refractivity contribution in [3.8, 4) is 0 Å². The molecule has 0 fully saturated rings. The normalized spacial score (nSPS) is 9.86. The van der Waals surface area contributed by atoms with E-state index in [1.54, 1.807) is 20.8 Å². The number of rotatable bonds is 6. The predicted octanol–water partition coefficient (Wildman–Crippen LogP) is 0.402. The minimum Gasteiger partial charge on any atom is -0.462 e. The number of aromatic nitrogens is 3. The zero-order chi connectivity index (χ0) is 15.8. The second-order valence-corrected chi connectivity index (χ2v) is 3.52. The van der Waals surface area contributed by atoms with Crippen molar-refractivity contribution in [3.05, 3.63) is 17.0 Å². The molecule has 1 aromatic rings. The maximum atomic E-state index is 12.0. The van der Waals surface area contributed by atoms with E-state index in [9.17, 15) is 14.4 Å². The van der Waals surface area contributed by atoms with E-state index in [0.29, 0.717) is 0 Å². The van der Waals surface area contributed by atoms with Crippen LogP contribution in [0.15, 0.2) is 0 Å². The van der Waals surface area contributed by atoms with Gasteiger partial charge >= 0.3 is 17.9 Å². The number of esters is 3. The van der Waals surface area contributed by atoms with Crippen molar-refractivity contribution in [1.82, 2.24) is 15.4 Å². The Bertz CT molecular complexity index is 510. The summed E-state index contributed by atoms with van der Waals surface area (Å²) in [4.78, 5) is 35.5. The average molecular weight is 297 g/mol. The van der Waals surface area contributed by atoms with Gasteiger partial charge in [-0.05, 0) is 26.0 Å². The van der Waals surface area contributed by atoms with Crippen LogP contribution in [0.2, 0.25) is 0 Å². The highest BCUT2D eigenvalue weighted by molar-refractivity contribution is 6.08. The Morgan fingerprint density at radius 1 is 0.762 bits per heavy atom. The average Bonchev–Trinajstić information content (AvgIpc) is 2.47. The largest absolute Gasteiger partial charge is 0.462 e. The summed E-state index contributed by atoms with van der Waals surface area (Å²) in [6.45, 7) is 4.94. The molecule has 0 saturated carbocycles. The first-order valence-electron chi connectivity index (χ1n) is 6.31. The molecule has 0 spiro atoms. The molecule has 0 radical (unpaired) electrons. The summed E-state index contributed by atoms with van der Waals surface area (Å²) in [6, 6.07) is 0. The number of carbonyl (C=O) groups is 3. The van der Waals surface area contributed by atoms with Crippen LogP contribution < -0.4 is 0 Å². The Morgan fingerprint density at radius 3 is 1.52 bits per heavy atom. The predicted molar refractivity (Wildman–Crippen MR) is 67.7 cm³/mol. The lowest BCUT2D eigenvalue weighted by Gasteiger charge is -2.09. The molecule has 0 aliphatic rings. The van der Waals surface area contributed by atoms with Gasteiger partial charge in [0.25, 0.3) is 0 Å². The van der Waals surface area contributed by atoms with Crippen LogP contribution in [0.1, 0.15) is 52.1 Å². The molecule has 0 atom stereocenters. The van der Waals surface area contributed by atoms with E-state index in [2.05, 4.69) is 15.4 Å². The molecular weight excluding hydrogens is 282 g/mol. The molecule has 1 aromatic heterocycles. The van der Waals surface area contributed by atoms with Crippen molar-refractivity contribution in [2.75, 3.05) is 19.8 Å². The van der Waals surface area contributed by atoms with Crippen molar-refractivity contribution in [3.63, 3.8) is 0 Å². The number of hydrogen-bond donors (Lipinski definition) is 0. The fraction of sp³-hybridized carbons (Fsp3) is 0.500. The van der Waals surface area contributed by atoms with Crippen LogP contribution in [0.3, 0.4) is 0 Å². The summed E-state index contributed by atoms with van der Waals surface area (Å²) in [7, 11) is 0. The molecule has 9 nitrogen and oxygen atoms in total. The molecule has 114 valence electrons. The number of nitrogens with zero attached hydrogens (tertiary/aromatic N) is 3. The van der Waals surface area contributed by atoms with E-state index in [0.717, 1.165) is 0 Å². The molecule has 0 aromatic carbocycles. The van der Waals surface area contributed by atoms with E-state index >= 15 is 0 Å². The van der Waals surface area contributed by atoms with Crippen LogP contribution in [0, 0.1) is 0 Å². The highest BCUT2D eigenvalue weighted by atomic mass is 16.5. The van der Waals surface area contributed by atoms with E-state index < -0.39 is 34.9 Å². The van der Waals surface area contributed by atoms with Crippen molar-refractivity contribution in [2.24, 2.45) is 0 Å². The van der Waals surface area contributed by atoms with Gasteiger partial charge in [0.15, 0.2) is 11.4 Å². The van der Waals surface area contributed by atoms with Gasteiger partial charge in [0.2, 0.25) is 0 Å². The maximum absolute atomic E-state index is 12.0. The lowest BCUT2D eigenvalue weighted by Crippen LogP contribution is -2.23. The summed E-state index contributed by atoms with van der Waals surface area (Å²) in [6.07, 6.45) is 0. The molecule has 21 heavy (non-hydrogen) atoms. The monoisotopic (exact) mass is 297 g/mol. The van der Waals surface area contributed by atoms with Gasteiger partial charge in [0.1, 0.15) is 5.56 Å². The zero-order valence-corrected chi connectivity index (χ0v) is 11.9. The molecule has 0 aliphatic carbocycles. The molecule has 9 heteroatoms. The van der Waals surface area contributed by atoms with E-state index in [-0.39, 0.29) is 19.8 Å². The summed E-state index contributed by atoms with van der Waals surface area (Å²) >= 11 is 0. The molecule has 0 aliphatic heterocycles. The van der Waals surface area contributed by atoms with Gasteiger partial charge in [-0.15, -0.1) is 10.2 Å². The van der Waals surface area contributed by atoms with Gasteiger partial charge in [-0.1, -0.05) is 0 Å². The first kappa shape index (κ1) is 16.5. The minimum atomic E-state index is -0.925. The molecule has 0 bridgehead atoms. The van der Waals surface area contributed by atoms with Crippen LogP contribution in [-0.4, -0.2) is 53.1 Å². The minimum absolute atomic E-state index is 0.0473. The summed E-state index contributed by atoms with van der Waals surface area (Å²) in [5.41, 5.74) is -1.29. The molecular formula is C12H15N3O6. The van der Waals surface area contributed by atoms with Gasteiger partial charge < -0.3 is 14.2 Å². The SMILES string of the molecule is CCOC(=O)c1nnnc(C(=O)OCC)c1C(=O)OCC. The molecule has 0 unspecified atom stereocenters. The number of hydrogen-bond acceptors (Lipinski definition) is 9. The third-order valence-corrected chi connectivity index (χ3v) is 2.18. The highest BCUT2D eigenvalue weighted by Crippen LogP contribution is 2.14. The Balaban J connectivity index is 3.37. The smallest absolute Gasteiger partial charge is 0.359 e. The van der Waals surface area contributed by atoms with Crippen LogP contribution in [0.25, 0.3) is 0 Å². The Kier molecular flexibility index (Phi) is 6.18. The van der Waals surface area contributed by atoms with Gasteiger partial charge in [-0.25, -0.2) is 14.4 Å². The molecule has 1 heterocycles. The Hall–Kier alpha value is -2.58. The Morgan fingerprint density at radius 2 is 1.14 bits per heavy atom. The van der Waals surface area contributed by atoms with Crippen LogP contribution in [-0.2, 0) is 14.2 Å². The van der Waals surface area contributed by atoms with E-state index in [1.165, 1.54) is 0 Å².